The fourth-order valence-corrected chi connectivity index (χ4v) is 4.11. The van der Waals surface area contributed by atoms with Crippen LogP contribution >= 0.6 is 0 Å². The fraction of sp³-hybridized carbons (Fsp3) is 0.231. The molecule has 0 spiro atoms. The van der Waals surface area contributed by atoms with Crippen molar-refractivity contribution in [2.75, 3.05) is 24.5 Å². The summed E-state index contributed by atoms with van der Waals surface area (Å²) in [4.78, 5) is 18.7. The third kappa shape index (κ3) is 3.79. The van der Waals surface area contributed by atoms with Crippen LogP contribution in [0.4, 0.5) is 5.69 Å². The Bertz CT molecular complexity index is 1290. The molecule has 2 aromatic carbocycles. The van der Waals surface area contributed by atoms with Gasteiger partial charge >= 0.3 is 5.97 Å². The first kappa shape index (κ1) is 20.7. The summed E-state index contributed by atoms with van der Waals surface area (Å²) >= 11 is 0. The lowest BCUT2D eigenvalue weighted by atomic mass is 9.90. The van der Waals surface area contributed by atoms with Crippen molar-refractivity contribution in [1.29, 1.82) is 0 Å². The molecule has 0 saturated carbocycles. The minimum atomic E-state index is -0.949. The second-order valence-corrected chi connectivity index (χ2v) is 7.34. The lowest BCUT2D eigenvalue weighted by Gasteiger charge is -2.22. The number of aromatic carboxylic acids is 1. The van der Waals surface area contributed by atoms with Gasteiger partial charge < -0.3 is 14.4 Å². The molecule has 0 fully saturated rings. The van der Waals surface area contributed by atoms with E-state index in [4.69, 9.17) is 4.42 Å². The van der Waals surface area contributed by atoms with E-state index in [1.165, 1.54) is 0 Å². The predicted octanol–water partition coefficient (Wildman–Crippen LogP) is 5.67. The molecule has 0 amide bonds. The number of fused-ring (bicyclic) bond motifs is 2. The van der Waals surface area contributed by atoms with Crippen molar-refractivity contribution in [3.05, 3.63) is 71.6 Å². The molecule has 158 valence electrons. The number of hydrogen-bond acceptors (Lipinski definition) is 4. The normalized spacial score (nSPS) is 11.9. The van der Waals surface area contributed by atoms with Crippen LogP contribution in [0.1, 0.15) is 31.1 Å². The number of carboxylic acids is 1. The summed E-state index contributed by atoms with van der Waals surface area (Å²) in [7, 11) is 0. The van der Waals surface area contributed by atoms with Crippen molar-refractivity contribution >= 4 is 22.6 Å². The van der Waals surface area contributed by atoms with E-state index in [9.17, 15) is 9.90 Å². The van der Waals surface area contributed by atoms with Gasteiger partial charge in [0, 0.05) is 54.0 Å². The molecule has 1 aliphatic carbocycles. The third-order valence-electron chi connectivity index (χ3n) is 5.59. The van der Waals surface area contributed by atoms with Crippen LogP contribution in [0.2, 0.25) is 0 Å². The Kier molecular flexibility index (Phi) is 5.76. The van der Waals surface area contributed by atoms with Crippen LogP contribution in [0.15, 0.2) is 70.1 Å². The first-order valence-corrected chi connectivity index (χ1v) is 10.7. The van der Waals surface area contributed by atoms with Gasteiger partial charge in [0.25, 0.3) is 0 Å². The predicted molar refractivity (Wildman–Crippen MR) is 125 cm³/mol. The molecule has 0 unspecified atom stereocenters. The highest BCUT2D eigenvalue weighted by Crippen LogP contribution is 2.42. The van der Waals surface area contributed by atoms with Gasteiger partial charge in [0.2, 0.25) is 0 Å². The van der Waals surface area contributed by atoms with E-state index in [-0.39, 0.29) is 5.56 Å². The Hall–Kier alpha value is -3.60. The molecule has 0 bridgehead atoms. The van der Waals surface area contributed by atoms with E-state index < -0.39 is 5.97 Å². The quantitative estimate of drug-likeness (QED) is 0.413. The zero-order valence-corrected chi connectivity index (χ0v) is 18.1. The largest absolute Gasteiger partial charge is 0.478 e. The van der Waals surface area contributed by atoms with Gasteiger partial charge in [0.1, 0.15) is 11.3 Å². The van der Waals surface area contributed by atoms with E-state index in [0.29, 0.717) is 17.9 Å². The van der Waals surface area contributed by atoms with Crippen LogP contribution in [0.3, 0.4) is 0 Å². The van der Waals surface area contributed by atoms with Crippen molar-refractivity contribution in [3.8, 4) is 22.5 Å². The maximum Gasteiger partial charge on any atom is 0.336 e. The topological polar surface area (TPSA) is 66.0 Å². The van der Waals surface area contributed by atoms with Crippen molar-refractivity contribution in [2.45, 2.75) is 20.8 Å². The van der Waals surface area contributed by atoms with Crippen molar-refractivity contribution in [3.63, 3.8) is 0 Å². The highest BCUT2D eigenvalue weighted by atomic mass is 16.4. The van der Waals surface area contributed by atoms with E-state index in [1.807, 2.05) is 49.4 Å². The molecule has 4 rings (SSSR count). The Labute approximate surface area is 181 Å². The molecular weight excluding hydrogens is 388 g/mol. The Morgan fingerprint density at radius 2 is 1.74 bits per heavy atom. The average molecular weight is 415 g/mol. The number of benzene rings is 3. The number of carboxylic acid groups (broad SMARTS) is 1. The van der Waals surface area contributed by atoms with Crippen molar-refractivity contribution in [2.24, 2.45) is 4.99 Å². The smallest absolute Gasteiger partial charge is 0.336 e. The molecule has 0 saturated heterocycles. The Morgan fingerprint density at radius 3 is 2.45 bits per heavy atom. The molecule has 0 radical (unpaired) electrons. The summed E-state index contributed by atoms with van der Waals surface area (Å²) in [6.07, 6.45) is 0. The van der Waals surface area contributed by atoms with E-state index in [0.717, 1.165) is 46.2 Å². The van der Waals surface area contributed by atoms with Gasteiger partial charge in [-0.15, -0.1) is 0 Å². The lowest BCUT2D eigenvalue weighted by Crippen LogP contribution is -2.21. The molecule has 5 nitrogen and oxygen atoms in total. The summed E-state index contributed by atoms with van der Waals surface area (Å²) in [5.74, 6) is -0.260. The maximum atomic E-state index is 12.0. The molecule has 5 heteroatoms. The molecule has 1 N–H and O–H groups in total. The zero-order chi connectivity index (χ0) is 22.0. The lowest BCUT2D eigenvalue weighted by molar-refractivity contribution is 0.0697. The van der Waals surface area contributed by atoms with E-state index in [1.54, 1.807) is 12.1 Å². The summed E-state index contributed by atoms with van der Waals surface area (Å²) in [6, 6.07) is 19.1. The number of nitrogens with zero attached hydrogens (tertiary/aromatic N) is 2. The third-order valence-corrected chi connectivity index (χ3v) is 5.59. The summed E-state index contributed by atoms with van der Waals surface area (Å²) in [5.41, 5.74) is 4.48. The zero-order valence-electron chi connectivity index (χ0n) is 18.1. The molecule has 2 aliphatic rings. The molecule has 2 aromatic rings. The number of carbonyl (C=O) groups is 1. The maximum absolute atomic E-state index is 12.0. The molecule has 1 heterocycles. The summed E-state index contributed by atoms with van der Waals surface area (Å²) in [6.45, 7) is 8.71. The first-order chi connectivity index (χ1) is 15.1. The van der Waals surface area contributed by atoms with Crippen LogP contribution in [0.5, 0.6) is 0 Å². The Balaban J connectivity index is 2.11. The average Bonchev–Trinajstić information content (AvgIpc) is 2.78. The van der Waals surface area contributed by atoms with Crippen molar-refractivity contribution in [1.82, 2.24) is 0 Å². The van der Waals surface area contributed by atoms with Gasteiger partial charge in [0.15, 0.2) is 0 Å². The minimum absolute atomic E-state index is 0.270. The van der Waals surface area contributed by atoms with Gasteiger partial charge in [-0.3, -0.25) is 4.99 Å². The second-order valence-electron chi connectivity index (χ2n) is 7.34. The number of hydrogen-bond donors (Lipinski definition) is 1. The van der Waals surface area contributed by atoms with Gasteiger partial charge in [-0.25, -0.2) is 4.79 Å². The van der Waals surface area contributed by atoms with Crippen LogP contribution in [0, 0.1) is 0 Å². The fourth-order valence-electron chi connectivity index (χ4n) is 4.11. The van der Waals surface area contributed by atoms with Gasteiger partial charge in [-0.2, -0.15) is 0 Å². The second kappa shape index (κ2) is 8.64. The first-order valence-electron chi connectivity index (χ1n) is 10.7. The van der Waals surface area contributed by atoms with E-state index in [2.05, 4.69) is 29.8 Å². The molecular formula is C26H26N2O3. The van der Waals surface area contributed by atoms with Crippen molar-refractivity contribution < 1.29 is 14.3 Å². The molecule has 0 aromatic heterocycles. The van der Waals surface area contributed by atoms with Gasteiger partial charge in [-0.05, 0) is 56.7 Å². The summed E-state index contributed by atoms with van der Waals surface area (Å²) < 4.78 is 6.34. The SMILES string of the molecule is CCN=c1ccc2c(-c3ccccc3C(=O)O)c3ccc(N(CC)CC)cc3oc-2c1. The van der Waals surface area contributed by atoms with Crippen LogP contribution in [-0.2, 0) is 0 Å². The van der Waals surface area contributed by atoms with Gasteiger partial charge in [-0.1, -0.05) is 18.2 Å². The summed E-state index contributed by atoms with van der Waals surface area (Å²) in [5, 5.41) is 11.6. The number of rotatable bonds is 6. The minimum Gasteiger partial charge on any atom is -0.478 e. The highest BCUT2D eigenvalue weighted by Gasteiger charge is 2.21. The van der Waals surface area contributed by atoms with E-state index >= 15 is 0 Å². The van der Waals surface area contributed by atoms with Crippen LogP contribution in [-0.4, -0.2) is 30.7 Å². The van der Waals surface area contributed by atoms with Crippen LogP contribution < -0.4 is 10.3 Å². The standard InChI is InChI=1S/C26H26N2O3/c1-4-27-17-11-13-21-23(15-17)31-24-16-18(28(5-2)6-3)12-14-22(24)25(21)19-9-7-8-10-20(19)26(29)30/h7-16H,4-6H2,1-3H3,(H,29,30). The molecule has 0 atom stereocenters. The number of anilines is 1. The van der Waals surface area contributed by atoms with Gasteiger partial charge in [0.05, 0.1) is 10.9 Å². The monoisotopic (exact) mass is 414 g/mol. The highest BCUT2D eigenvalue weighted by molar-refractivity contribution is 6.07. The van der Waals surface area contributed by atoms with Crippen LogP contribution in [0.25, 0.3) is 33.4 Å². The Morgan fingerprint density at radius 1 is 0.968 bits per heavy atom. The molecule has 1 aliphatic heterocycles. The molecule has 31 heavy (non-hydrogen) atoms.